The van der Waals surface area contributed by atoms with Crippen molar-refractivity contribution < 1.29 is 29.5 Å². The number of hydrogen-bond donors (Lipinski definition) is 2. The maximum atomic E-state index is 13.6. The Kier molecular flexibility index (Phi) is 4.35. The molecule has 2 fully saturated rings. The molecule has 2 N–H and O–H groups in total. The highest BCUT2D eigenvalue weighted by molar-refractivity contribution is 6.23. The predicted octanol–water partition coefficient (Wildman–Crippen LogP) is 2.31. The highest BCUT2D eigenvalue weighted by Gasteiger charge is 2.74. The lowest BCUT2D eigenvalue weighted by molar-refractivity contribution is -0.385. The minimum atomic E-state index is -1.22. The van der Waals surface area contributed by atoms with Gasteiger partial charge in [-0.05, 0) is 49.9 Å². The molecule has 1 saturated carbocycles. The number of nitro benzene ring substituents is 1. The van der Waals surface area contributed by atoms with Crippen LogP contribution in [0.15, 0.2) is 43.0 Å². The third-order valence-corrected chi connectivity index (χ3v) is 9.36. The van der Waals surface area contributed by atoms with E-state index < -0.39 is 45.6 Å². The third-order valence-electron chi connectivity index (χ3n) is 9.36. The number of ether oxygens (including phenoxy) is 1. The summed E-state index contributed by atoms with van der Waals surface area (Å²) in [6.07, 6.45) is 2.67. The van der Waals surface area contributed by atoms with Crippen LogP contribution in [0.3, 0.4) is 0 Å². The number of aromatic hydroxyl groups is 1. The van der Waals surface area contributed by atoms with E-state index >= 15 is 0 Å². The van der Waals surface area contributed by atoms with E-state index in [1.165, 1.54) is 18.2 Å². The molecule has 5 atom stereocenters. The number of piperidine rings is 1. The molecule has 0 radical (unpaired) electrons. The highest BCUT2D eigenvalue weighted by atomic mass is 16.6. The molecule has 2 bridgehead atoms. The Morgan fingerprint density at radius 3 is 2.78 bits per heavy atom. The van der Waals surface area contributed by atoms with Gasteiger partial charge < -0.3 is 14.9 Å². The lowest BCUT2D eigenvalue weighted by Gasteiger charge is -2.64. The van der Waals surface area contributed by atoms with Gasteiger partial charge in [-0.3, -0.25) is 29.5 Å². The Morgan fingerprint density at radius 1 is 1.22 bits per heavy atom. The highest BCUT2D eigenvalue weighted by Crippen LogP contribution is 2.66. The molecule has 10 nitrogen and oxygen atoms in total. The third kappa shape index (κ3) is 2.47. The van der Waals surface area contributed by atoms with E-state index in [9.17, 15) is 29.9 Å². The van der Waals surface area contributed by atoms with Crippen LogP contribution >= 0.6 is 0 Å². The van der Waals surface area contributed by atoms with E-state index in [1.54, 1.807) is 6.07 Å². The van der Waals surface area contributed by atoms with Crippen molar-refractivity contribution in [3.8, 4) is 11.5 Å². The number of carbonyl (C=O) groups is 2. The van der Waals surface area contributed by atoms with Gasteiger partial charge in [0, 0.05) is 24.2 Å². The van der Waals surface area contributed by atoms with Crippen molar-refractivity contribution in [2.24, 2.45) is 0 Å². The quantitative estimate of drug-likeness (QED) is 0.281. The molecule has 1 saturated heterocycles. The second-order valence-corrected chi connectivity index (χ2v) is 10.7. The number of aliphatic hydroxyl groups is 1. The molecule has 37 heavy (non-hydrogen) atoms. The van der Waals surface area contributed by atoms with Gasteiger partial charge in [0.15, 0.2) is 11.5 Å². The lowest BCUT2D eigenvalue weighted by atomic mass is 9.48. The first-order valence-corrected chi connectivity index (χ1v) is 12.5. The van der Waals surface area contributed by atoms with E-state index in [0.717, 1.165) is 16.0 Å². The van der Waals surface area contributed by atoms with Gasteiger partial charge in [-0.15, -0.1) is 6.58 Å². The fourth-order valence-electron chi connectivity index (χ4n) is 7.99. The van der Waals surface area contributed by atoms with Crippen LogP contribution in [0.5, 0.6) is 11.5 Å². The van der Waals surface area contributed by atoms with Crippen LogP contribution in [0.1, 0.15) is 51.1 Å². The molecule has 5 aliphatic rings. The zero-order valence-corrected chi connectivity index (χ0v) is 19.9. The van der Waals surface area contributed by atoms with E-state index in [0.29, 0.717) is 38.1 Å². The normalized spacial score (nSPS) is 33.1. The van der Waals surface area contributed by atoms with Gasteiger partial charge in [-0.1, -0.05) is 18.2 Å². The number of hydrogen-bond acceptors (Lipinski definition) is 8. The number of likely N-dealkylation sites (tertiary alicyclic amines) is 1. The number of phenolic OH excluding ortho intramolecular Hbond substituents is 1. The van der Waals surface area contributed by atoms with Gasteiger partial charge in [0.05, 0.1) is 27.5 Å². The molecule has 10 heteroatoms. The molecular weight excluding hydrogens is 478 g/mol. The molecule has 0 aromatic heterocycles. The smallest absolute Gasteiger partial charge is 0.282 e. The average Bonchev–Trinajstić information content (AvgIpc) is 3.35. The first kappa shape index (κ1) is 22.4. The SMILES string of the molecule is C=CCN1CC[C@]23c4c5ccc(O)c4O[C@H]2[C@H](N2C(=O)c4cccc([N+](=O)[O-])c4C2=O)CC[C@@]3(O)[C@@H]1C5. The predicted molar refractivity (Wildman–Crippen MR) is 130 cm³/mol. The molecule has 2 amide bonds. The van der Waals surface area contributed by atoms with Crippen molar-refractivity contribution in [3.05, 3.63) is 75.4 Å². The molecule has 2 aromatic rings. The van der Waals surface area contributed by atoms with E-state index in [4.69, 9.17) is 4.74 Å². The summed E-state index contributed by atoms with van der Waals surface area (Å²) in [7, 11) is 0. The van der Waals surface area contributed by atoms with Gasteiger partial charge in [0.2, 0.25) is 0 Å². The maximum Gasteiger partial charge on any atom is 0.282 e. The number of imide groups is 1. The van der Waals surface area contributed by atoms with Crippen molar-refractivity contribution >= 4 is 17.5 Å². The first-order valence-electron chi connectivity index (χ1n) is 12.5. The number of rotatable bonds is 4. The van der Waals surface area contributed by atoms with Gasteiger partial charge in [0.1, 0.15) is 11.7 Å². The molecule has 0 unspecified atom stereocenters. The number of nitrogens with zero attached hydrogens (tertiary/aromatic N) is 3. The summed E-state index contributed by atoms with van der Waals surface area (Å²) in [6.45, 7) is 5.13. The lowest BCUT2D eigenvalue weighted by Crippen LogP contribution is -2.78. The van der Waals surface area contributed by atoms with Crippen LogP contribution in [0.25, 0.3) is 0 Å². The number of amides is 2. The van der Waals surface area contributed by atoms with Gasteiger partial charge in [0.25, 0.3) is 17.5 Å². The largest absolute Gasteiger partial charge is 0.504 e. The van der Waals surface area contributed by atoms with Crippen LogP contribution in [-0.2, 0) is 11.8 Å². The van der Waals surface area contributed by atoms with Gasteiger partial charge >= 0.3 is 0 Å². The Balaban J connectivity index is 1.39. The molecule has 190 valence electrons. The van der Waals surface area contributed by atoms with Crippen molar-refractivity contribution in [1.82, 2.24) is 9.80 Å². The fourth-order valence-corrected chi connectivity index (χ4v) is 7.99. The summed E-state index contributed by atoms with van der Waals surface area (Å²) in [5.41, 5.74) is -1.04. The molecule has 2 aliphatic carbocycles. The minimum absolute atomic E-state index is 0.00101. The summed E-state index contributed by atoms with van der Waals surface area (Å²) in [5, 5.41) is 34.9. The second-order valence-electron chi connectivity index (χ2n) is 10.7. The Labute approximate surface area is 211 Å². The Bertz CT molecular complexity index is 1440. The zero-order valence-electron chi connectivity index (χ0n) is 19.9. The Morgan fingerprint density at radius 2 is 2.03 bits per heavy atom. The van der Waals surface area contributed by atoms with Gasteiger partial charge in [-0.25, -0.2) is 0 Å². The Hall–Kier alpha value is -3.76. The van der Waals surface area contributed by atoms with Crippen molar-refractivity contribution in [2.45, 2.75) is 54.9 Å². The van der Waals surface area contributed by atoms with Crippen LogP contribution in [0.2, 0.25) is 0 Å². The monoisotopic (exact) mass is 503 g/mol. The first-order chi connectivity index (χ1) is 17.7. The van der Waals surface area contributed by atoms with E-state index in [-0.39, 0.29) is 29.3 Å². The fraction of sp³-hybridized carbons (Fsp3) is 0.407. The molecule has 7 rings (SSSR count). The molecule has 3 aliphatic heterocycles. The summed E-state index contributed by atoms with van der Waals surface area (Å²) < 4.78 is 6.44. The molecular formula is C27H25N3O7. The average molecular weight is 504 g/mol. The molecule has 3 heterocycles. The topological polar surface area (TPSA) is 133 Å². The molecule has 2 aromatic carbocycles. The number of fused-ring (bicyclic) bond motifs is 1. The van der Waals surface area contributed by atoms with Crippen LogP contribution in [0.4, 0.5) is 5.69 Å². The summed E-state index contributed by atoms with van der Waals surface area (Å²) >= 11 is 0. The number of benzene rings is 2. The van der Waals surface area contributed by atoms with Crippen molar-refractivity contribution in [1.29, 1.82) is 0 Å². The maximum absolute atomic E-state index is 13.6. The van der Waals surface area contributed by atoms with E-state index in [2.05, 4.69) is 11.5 Å². The second kappa shape index (κ2) is 7.17. The summed E-state index contributed by atoms with van der Waals surface area (Å²) in [4.78, 5) is 41.5. The van der Waals surface area contributed by atoms with Gasteiger partial charge in [-0.2, -0.15) is 0 Å². The van der Waals surface area contributed by atoms with Crippen LogP contribution in [-0.4, -0.2) is 73.6 Å². The number of carbonyl (C=O) groups excluding carboxylic acids is 2. The van der Waals surface area contributed by atoms with Crippen molar-refractivity contribution in [3.63, 3.8) is 0 Å². The van der Waals surface area contributed by atoms with Crippen LogP contribution in [0, 0.1) is 10.1 Å². The summed E-state index contributed by atoms with van der Waals surface area (Å²) in [6, 6.07) is 6.50. The molecule has 1 spiro atoms. The van der Waals surface area contributed by atoms with E-state index in [1.807, 2.05) is 12.1 Å². The minimum Gasteiger partial charge on any atom is -0.504 e. The number of nitro groups is 1. The summed E-state index contributed by atoms with van der Waals surface area (Å²) in [5.74, 6) is -1.07. The number of phenols is 1. The zero-order chi connectivity index (χ0) is 25.9. The van der Waals surface area contributed by atoms with Crippen molar-refractivity contribution in [2.75, 3.05) is 13.1 Å². The van der Waals surface area contributed by atoms with Crippen LogP contribution < -0.4 is 4.74 Å². The standard InChI is InChI=1S/C27H25N3O7/c1-2-11-28-12-10-26-21-14-6-7-18(31)22(21)37-23(26)17(8-9-27(26,34)19(28)13-14)29-24(32)15-4-3-5-16(30(35)36)20(15)25(29)33/h2-7,17,19,23,31,34H,1,8-13H2/t17-,19+,23+,26+,27-/m1/s1.